The fraction of sp³-hybridized carbons (Fsp3) is 0.833. The van der Waals surface area contributed by atoms with Crippen LogP contribution in [0.2, 0.25) is 0 Å². The molecule has 1 aliphatic carbocycles. The van der Waals surface area contributed by atoms with E-state index >= 15 is 0 Å². The maximum Gasteiger partial charge on any atom is 0.417 e. The van der Waals surface area contributed by atoms with E-state index in [4.69, 9.17) is 9.84 Å². The SMILES string of the molecule is CC(C)(C)C1CCC(OC(=O)C(=O)O)CC1. The zero-order valence-corrected chi connectivity index (χ0v) is 10.2. The molecule has 0 bridgehead atoms. The largest absolute Gasteiger partial charge is 0.473 e. The summed E-state index contributed by atoms with van der Waals surface area (Å²) in [5, 5.41) is 8.42. The van der Waals surface area contributed by atoms with Crippen molar-refractivity contribution in [3.05, 3.63) is 0 Å². The number of carbonyl (C=O) groups excluding carboxylic acids is 1. The van der Waals surface area contributed by atoms with Crippen molar-refractivity contribution in [2.24, 2.45) is 11.3 Å². The van der Waals surface area contributed by atoms with Crippen molar-refractivity contribution in [2.75, 3.05) is 0 Å². The van der Waals surface area contributed by atoms with Gasteiger partial charge in [-0.3, -0.25) is 0 Å². The van der Waals surface area contributed by atoms with Gasteiger partial charge in [-0.2, -0.15) is 0 Å². The van der Waals surface area contributed by atoms with Gasteiger partial charge >= 0.3 is 11.9 Å². The quantitative estimate of drug-likeness (QED) is 0.552. The lowest BCUT2D eigenvalue weighted by Crippen LogP contribution is -2.31. The number of carboxylic acid groups (broad SMARTS) is 1. The summed E-state index contributed by atoms with van der Waals surface area (Å²) in [4.78, 5) is 21.2. The van der Waals surface area contributed by atoms with E-state index in [2.05, 4.69) is 20.8 Å². The molecule has 1 N–H and O–H groups in total. The zero-order chi connectivity index (χ0) is 12.3. The molecule has 92 valence electrons. The topological polar surface area (TPSA) is 63.6 Å². The van der Waals surface area contributed by atoms with Crippen LogP contribution in [0.4, 0.5) is 0 Å². The predicted molar refractivity (Wildman–Crippen MR) is 58.9 cm³/mol. The summed E-state index contributed by atoms with van der Waals surface area (Å²) in [5.74, 6) is -2.00. The third-order valence-electron chi connectivity index (χ3n) is 3.35. The number of hydrogen-bond acceptors (Lipinski definition) is 3. The molecule has 0 aromatic heterocycles. The maximum atomic E-state index is 10.9. The van der Waals surface area contributed by atoms with E-state index in [1.807, 2.05) is 0 Å². The van der Waals surface area contributed by atoms with E-state index in [1.54, 1.807) is 0 Å². The van der Waals surface area contributed by atoms with Gasteiger partial charge in [0.15, 0.2) is 0 Å². The van der Waals surface area contributed by atoms with Gasteiger partial charge in [0.25, 0.3) is 0 Å². The first-order valence-corrected chi connectivity index (χ1v) is 5.74. The average Bonchev–Trinajstić information content (AvgIpc) is 2.17. The summed E-state index contributed by atoms with van der Waals surface area (Å²) < 4.78 is 4.88. The van der Waals surface area contributed by atoms with Gasteiger partial charge in [-0.15, -0.1) is 0 Å². The van der Waals surface area contributed by atoms with Gasteiger partial charge in [0.1, 0.15) is 6.10 Å². The van der Waals surface area contributed by atoms with Crippen LogP contribution >= 0.6 is 0 Å². The number of carbonyl (C=O) groups is 2. The molecule has 1 saturated carbocycles. The molecule has 4 nitrogen and oxygen atoms in total. The summed E-state index contributed by atoms with van der Waals surface area (Å²) >= 11 is 0. The molecule has 0 unspecified atom stereocenters. The van der Waals surface area contributed by atoms with Crippen molar-refractivity contribution < 1.29 is 19.4 Å². The highest BCUT2D eigenvalue weighted by molar-refractivity contribution is 6.28. The summed E-state index contributed by atoms with van der Waals surface area (Å²) in [6, 6.07) is 0. The molecule has 1 aliphatic rings. The summed E-state index contributed by atoms with van der Waals surface area (Å²) in [7, 11) is 0. The van der Waals surface area contributed by atoms with Crippen LogP contribution in [0.1, 0.15) is 46.5 Å². The molecule has 0 saturated heterocycles. The number of ether oxygens (including phenoxy) is 1. The van der Waals surface area contributed by atoms with Crippen molar-refractivity contribution in [1.82, 2.24) is 0 Å². The third-order valence-corrected chi connectivity index (χ3v) is 3.35. The van der Waals surface area contributed by atoms with Crippen molar-refractivity contribution in [2.45, 2.75) is 52.6 Å². The Hall–Kier alpha value is -1.06. The highest BCUT2D eigenvalue weighted by atomic mass is 16.6. The van der Waals surface area contributed by atoms with Gasteiger partial charge in [-0.25, -0.2) is 9.59 Å². The molecule has 0 spiro atoms. The smallest absolute Gasteiger partial charge is 0.417 e. The summed E-state index contributed by atoms with van der Waals surface area (Å²) in [6.45, 7) is 6.63. The van der Waals surface area contributed by atoms with Gasteiger partial charge in [0, 0.05) is 0 Å². The number of aliphatic carboxylic acids is 1. The van der Waals surface area contributed by atoms with Gasteiger partial charge in [0.2, 0.25) is 0 Å². The molecule has 16 heavy (non-hydrogen) atoms. The first-order valence-electron chi connectivity index (χ1n) is 5.74. The Labute approximate surface area is 96.0 Å². The van der Waals surface area contributed by atoms with E-state index in [0.717, 1.165) is 25.7 Å². The van der Waals surface area contributed by atoms with Crippen molar-refractivity contribution >= 4 is 11.9 Å². The van der Waals surface area contributed by atoms with Crippen LogP contribution in [-0.4, -0.2) is 23.1 Å². The minimum Gasteiger partial charge on any atom is -0.473 e. The van der Waals surface area contributed by atoms with Crippen LogP contribution < -0.4 is 0 Å². The van der Waals surface area contributed by atoms with E-state index in [-0.39, 0.29) is 11.5 Å². The summed E-state index contributed by atoms with van der Waals surface area (Å²) in [6.07, 6.45) is 3.35. The highest BCUT2D eigenvalue weighted by Gasteiger charge is 2.31. The molecular weight excluding hydrogens is 208 g/mol. The number of rotatable bonds is 1. The molecule has 4 heteroatoms. The molecule has 0 radical (unpaired) electrons. The lowest BCUT2D eigenvalue weighted by atomic mass is 9.72. The molecular formula is C12H20O4. The summed E-state index contributed by atoms with van der Waals surface area (Å²) in [5.41, 5.74) is 0.280. The number of carboxylic acids is 1. The van der Waals surface area contributed by atoms with Crippen LogP contribution in [0.3, 0.4) is 0 Å². The fourth-order valence-corrected chi connectivity index (χ4v) is 2.25. The monoisotopic (exact) mass is 228 g/mol. The minimum atomic E-state index is -1.50. The molecule has 0 aliphatic heterocycles. The first-order chi connectivity index (χ1) is 7.30. The van der Waals surface area contributed by atoms with Crippen molar-refractivity contribution in [3.63, 3.8) is 0 Å². The highest BCUT2D eigenvalue weighted by Crippen LogP contribution is 2.38. The van der Waals surface area contributed by atoms with Crippen LogP contribution in [0.25, 0.3) is 0 Å². The van der Waals surface area contributed by atoms with Crippen LogP contribution in [0.5, 0.6) is 0 Å². The Morgan fingerprint density at radius 2 is 1.62 bits per heavy atom. The molecule has 1 rings (SSSR count). The van der Waals surface area contributed by atoms with Gasteiger partial charge in [0.05, 0.1) is 0 Å². The molecule has 0 aromatic carbocycles. The zero-order valence-electron chi connectivity index (χ0n) is 10.2. The van der Waals surface area contributed by atoms with Crippen molar-refractivity contribution in [1.29, 1.82) is 0 Å². The molecule has 0 heterocycles. The molecule has 0 aromatic rings. The lowest BCUT2D eigenvalue weighted by Gasteiger charge is -2.36. The Kier molecular flexibility index (Phi) is 3.94. The number of esters is 1. The van der Waals surface area contributed by atoms with Crippen LogP contribution in [0.15, 0.2) is 0 Å². The normalized spacial score (nSPS) is 26.2. The Balaban J connectivity index is 2.38. The fourth-order valence-electron chi connectivity index (χ4n) is 2.25. The lowest BCUT2D eigenvalue weighted by molar-refractivity contribution is -0.168. The van der Waals surface area contributed by atoms with Gasteiger partial charge in [-0.1, -0.05) is 20.8 Å². The second kappa shape index (κ2) is 4.85. The van der Waals surface area contributed by atoms with E-state index < -0.39 is 11.9 Å². The molecule has 0 atom stereocenters. The van der Waals surface area contributed by atoms with Crippen LogP contribution in [0, 0.1) is 11.3 Å². The van der Waals surface area contributed by atoms with Crippen molar-refractivity contribution in [3.8, 4) is 0 Å². The Morgan fingerprint density at radius 1 is 1.12 bits per heavy atom. The first kappa shape index (κ1) is 13.0. The van der Waals surface area contributed by atoms with Gasteiger partial charge in [-0.05, 0) is 37.0 Å². The van der Waals surface area contributed by atoms with Crippen LogP contribution in [-0.2, 0) is 14.3 Å². The second-order valence-corrected chi connectivity index (χ2v) is 5.55. The maximum absolute atomic E-state index is 10.9. The Morgan fingerprint density at radius 3 is 2.00 bits per heavy atom. The molecule has 1 fully saturated rings. The average molecular weight is 228 g/mol. The van der Waals surface area contributed by atoms with Gasteiger partial charge < -0.3 is 9.84 Å². The van der Waals surface area contributed by atoms with E-state index in [0.29, 0.717) is 5.92 Å². The standard InChI is InChI=1S/C12H20O4/c1-12(2,3)8-4-6-9(7-5-8)16-11(15)10(13)14/h8-9H,4-7H2,1-3H3,(H,13,14). The predicted octanol–water partition coefficient (Wildman–Crippen LogP) is 2.22. The molecule has 0 amide bonds. The van der Waals surface area contributed by atoms with E-state index in [1.165, 1.54) is 0 Å². The minimum absolute atomic E-state index is 0.206. The number of hydrogen-bond donors (Lipinski definition) is 1. The third kappa shape index (κ3) is 3.51. The van der Waals surface area contributed by atoms with E-state index in [9.17, 15) is 9.59 Å². The Bertz CT molecular complexity index is 269. The second-order valence-electron chi connectivity index (χ2n) is 5.55.